The summed E-state index contributed by atoms with van der Waals surface area (Å²) < 4.78 is 5.63. The van der Waals surface area contributed by atoms with Gasteiger partial charge in [-0.25, -0.2) is 9.59 Å². The van der Waals surface area contributed by atoms with Crippen molar-refractivity contribution >= 4 is 18.0 Å². The van der Waals surface area contributed by atoms with Gasteiger partial charge in [-0.3, -0.25) is 4.79 Å². The third-order valence-corrected chi connectivity index (χ3v) is 6.82. The number of rotatable bonds is 8. The highest BCUT2D eigenvalue weighted by molar-refractivity contribution is 5.86. The standard InChI is InChI=1S/C27H32N2O5/c1-16(2)14-24(26(31)32)28-25(30)21-12-7-13-23(21)29-27(33)34-15-22-19-10-5-3-8-17(19)18-9-4-6-11-20(18)22/h3-6,8-11,16,21-24H,7,12-15H2,1-2H3,(H,28,30)(H,29,33)(H,31,32)/t21?,23?,24-/m0/s1. The minimum Gasteiger partial charge on any atom is -0.480 e. The average Bonchev–Trinajstić information content (AvgIpc) is 3.39. The number of benzene rings is 2. The number of hydrogen-bond acceptors (Lipinski definition) is 4. The van der Waals surface area contributed by atoms with Crippen LogP contribution in [0.3, 0.4) is 0 Å². The molecule has 2 aromatic rings. The Morgan fingerprint density at radius 1 is 1.00 bits per heavy atom. The summed E-state index contributed by atoms with van der Waals surface area (Å²) in [5.41, 5.74) is 4.60. The Morgan fingerprint density at radius 3 is 2.21 bits per heavy atom. The maximum absolute atomic E-state index is 12.8. The third kappa shape index (κ3) is 5.08. The topological polar surface area (TPSA) is 105 Å². The number of ether oxygens (including phenoxy) is 1. The normalized spacial score (nSPS) is 19.9. The van der Waals surface area contributed by atoms with Gasteiger partial charge in [-0.1, -0.05) is 68.8 Å². The molecule has 2 aliphatic carbocycles. The number of nitrogens with one attached hydrogen (secondary N) is 2. The molecular weight excluding hydrogens is 432 g/mol. The first-order valence-electron chi connectivity index (χ1n) is 12.0. The fourth-order valence-electron chi connectivity index (χ4n) is 5.21. The molecule has 3 N–H and O–H groups in total. The van der Waals surface area contributed by atoms with E-state index in [9.17, 15) is 19.5 Å². The summed E-state index contributed by atoms with van der Waals surface area (Å²) in [4.78, 5) is 37.0. The van der Waals surface area contributed by atoms with Crippen LogP contribution in [0.25, 0.3) is 11.1 Å². The molecule has 1 saturated carbocycles. The van der Waals surface area contributed by atoms with Gasteiger partial charge in [0.1, 0.15) is 12.6 Å². The predicted octanol–water partition coefficient (Wildman–Crippen LogP) is 4.31. The van der Waals surface area contributed by atoms with E-state index < -0.39 is 24.0 Å². The van der Waals surface area contributed by atoms with Gasteiger partial charge in [0.15, 0.2) is 0 Å². The summed E-state index contributed by atoms with van der Waals surface area (Å²) in [6.45, 7) is 4.04. The van der Waals surface area contributed by atoms with Gasteiger partial charge in [-0.05, 0) is 47.4 Å². The Morgan fingerprint density at radius 2 is 1.62 bits per heavy atom. The summed E-state index contributed by atoms with van der Waals surface area (Å²) >= 11 is 0. The Labute approximate surface area is 199 Å². The van der Waals surface area contributed by atoms with Gasteiger partial charge < -0.3 is 20.5 Å². The maximum atomic E-state index is 12.8. The number of carboxylic acid groups (broad SMARTS) is 1. The van der Waals surface area contributed by atoms with E-state index in [2.05, 4.69) is 34.9 Å². The molecule has 1 fully saturated rings. The van der Waals surface area contributed by atoms with Crippen LogP contribution >= 0.6 is 0 Å². The second-order valence-electron chi connectivity index (χ2n) is 9.64. The van der Waals surface area contributed by atoms with Crippen LogP contribution in [0, 0.1) is 11.8 Å². The van der Waals surface area contributed by atoms with Crippen molar-refractivity contribution in [3.05, 3.63) is 59.7 Å². The van der Waals surface area contributed by atoms with Crippen molar-refractivity contribution in [1.82, 2.24) is 10.6 Å². The van der Waals surface area contributed by atoms with E-state index in [1.165, 1.54) is 0 Å². The van der Waals surface area contributed by atoms with Gasteiger partial charge in [0.2, 0.25) is 5.91 Å². The van der Waals surface area contributed by atoms with E-state index in [0.29, 0.717) is 19.3 Å². The summed E-state index contributed by atoms with van der Waals surface area (Å²) in [6, 6.07) is 15.0. The molecule has 7 heteroatoms. The molecule has 4 rings (SSSR count). The fraction of sp³-hybridized carbons (Fsp3) is 0.444. The highest BCUT2D eigenvalue weighted by atomic mass is 16.5. The van der Waals surface area contributed by atoms with Crippen LogP contribution in [-0.2, 0) is 14.3 Å². The van der Waals surface area contributed by atoms with Gasteiger partial charge in [0, 0.05) is 12.0 Å². The predicted molar refractivity (Wildman–Crippen MR) is 128 cm³/mol. The number of aliphatic carboxylic acids is 1. The zero-order valence-corrected chi connectivity index (χ0v) is 19.6. The zero-order chi connectivity index (χ0) is 24.2. The molecule has 2 aromatic carbocycles. The van der Waals surface area contributed by atoms with Crippen LogP contribution in [0.2, 0.25) is 0 Å². The monoisotopic (exact) mass is 464 g/mol. The lowest BCUT2D eigenvalue weighted by molar-refractivity contribution is -0.143. The van der Waals surface area contributed by atoms with Crippen LogP contribution < -0.4 is 10.6 Å². The smallest absolute Gasteiger partial charge is 0.407 e. The van der Waals surface area contributed by atoms with Crippen molar-refractivity contribution in [2.75, 3.05) is 6.61 Å². The Bertz CT molecular complexity index is 1020. The van der Waals surface area contributed by atoms with Crippen LogP contribution in [0.1, 0.15) is 56.6 Å². The fourth-order valence-corrected chi connectivity index (χ4v) is 5.21. The number of alkyl carbamates (subject to hydrolysis) is 1. The minimum atomic E-state index is -1.04. The molecule has 2 aliphatic rings. The Balaban J connectivity index is 1.36. The van der Waals surface area contributed by atoms with Crippen molar-refractivity contribution in [2.45, 2.75) is 57.5 Å². The van der Waals surface area contributed by atoms with Crippen molar-refractivity contribution < 1.29 is 24.2 Å². The quantitative estimate of drug-likeness (QED) is 0.540. The molecule has 0 bridgehead atoms. The first kappa shape index (κ1) is 23.8. The van der Waals surface area contributed by atoms with Gasteiger partial charge in [-0.15, -0.1) is 0 Å². The SMILES string of the molecule is CC(C)C[C@H](NC(=O)C1CCCC1NC(=O)OCC1c2ccccc2-c2ccccc21)C(=O)O. The lowest BCUT2D eigenvalue weighted by Crippen LogP contribution is -2.49. The Hall–Kier alpha value is -3.35. The van der Waals surface area contributed by atoms with Crippen LogP contribution in [0.5, 0.6) is 0 Å². The molecule has 0 spiro atoms. The lowest BCUT2D eigenvalue weighted by Gasteiger charge is -2.23. The molecule has 0 aromatic heterocycles. The number of carbonyl (C=O) groups excluding carboxylic acids is 2. The summed E-state index contributed by atoms with van der Waals surface area (Å²) in [7, 11) is 0. The van der Waals surface area contributed by atoms with E-state index in [1.807, 2.05) is 38.1 Å². The third-order valence-electron chi connectivity index (χ3n) is 6.82. The first-order chi connectivity index (χ1) is 16.3. The van der Waals surface area contributed by atoms with E-state index in [-0.39, 0.29) is 30.4 Å². The van der Waals surface area contributed by atoms with Gasteiger partial charge in [-0.2, -0.15) is 0 Å². The summed E-state index contributed by atoms with van der Waals surface area (Å²) in [6.07, 6.45) is 1.86. The van der Waals surface area contributed by atoms with Gasteiger partial charge >= 0.3 is 12.1 Å². The van der Waals surface area contributed by atoms with E-state index in [4.69, 9.17) is 4.74 Å². The molecule has 0 aliphatic heterocycles. The van der Waals surface area contributed by atoms with Crippen molar-refractivity contribution in [3.8, 4) is 11.1 Å². The van der Waals surface area contributed by atoms with Crippen LogP contribution in [0.15, 0.2) is 48.5 Å². The Kier molecular flexibility index (Phi) is 7.20. The van der Waals surface area contributed by atoms with E-state index in [1.54, 1.807) is 0 Å². The van der Waals surface area contributed by atoms with Crippen molar-refractivity contribution in [3.63, 3.8) is 0 Å². The number of amides is 2. The minimum absolute atomic E-state index is 0.0341. The molecule has 0 saturated heterocycles. The molecule has 0 radical (unpaired) electrons. The maximum Gasteiger partial charge on any atom is 0.407 e. The number of fused-ring (bicyclic) bond motifs is 3. The lowest BCUT2D eigenvalue weighted by atomic mass is 9.98. The number of hydrogen-bond donors (Lipinski definition) is 3. The molecular formula is C27H32N2O5. The molecule has 7 nitrogen and oxygen atoms in total. The molecule has 0 heterocycles. The largest absolute Gasteiger partial charge is 0.480 e. The first-order valence-corrected chi connectivity index (χ1v) is 12.0. The zero-order valence-electron chi connectivity index (χ0n) is 19.6. The highest BCUT2D eigenvalue weighted by Gasteiger charge is 2.36. The highest BCUT2D eigenvalue weighted by Crippen LogP contribution is 2.44. The molecule has 3 atom stereocenters. The molecule has 34 heavy (non-hydrogen) atoms. The van der Waals surface area contributed by atoms with Crippen LogP contribution in [-0.4, -0.2) is 41.8 Å². The average molecular weight is 465 g/mol. The van der Waals surface area contributed by atoms with Gasteiger partial charge in [0.25, 0.3) is 0 Å². The van der Waals surface area contributed by atoms with E-state index >= 15 is 0 Å². The summed E-state index contributed by atoms with van der Waals surface area (Å²) in [5.74, 6) is -1.72. The molecule has 2 unspecified atom stereocenters. The molecule has 180 valence electrons. The summed E-state index contributed by atoms with van der Waals surface area (Å²) in [5, 5.41) is 15.0. The second kappa shape index (κ2) is 10.3. The molecule has 2 amide bonds. The van der Waals surface area contributed by atoms with Crippen LogP contribution in [0.4, 0.5) is 4.79 Å². The van der Waals surface area contributed by atoms with Gasteiger partial charge in [0.05, 0.1) is 5.92 Å². The second-order valence-corrected chi connectivity index (χ2v) is 9.64. The van der Waals surface area contributed by atoms with Crippen molar-refractivity contribution in [2.24, 2.45) is 11.8 Å². The number of carbonyl (C=O) groups is 3. The van der Waals surface area contributed by atoms with Crippen molar-refractivity contribution in [1.29, 1.82) is 0 Å². The van der Waals surface area contributed by atoms with E-state index in [0.717, 1.165) is 28.7 Å². The number of carboxylic acids is 1.